The maximum absolute atomic E-state index is 12.3. The van der Waals surface area contributed by atoms with Crippen molar-refractivity contribution < 1.29 is 14.3 Å². The number of thiophene rings is 1. The van der Waals surface area contributed by atoms with Gasteiger partial charge in [0.2, 0.25) is 0 Å². The van der Waals surface area contributed by atoms with Crippen LogP contribution in [0.4, 0.5) is 0 Å². The van der Waals surface area contributed by atoms with Gasteiger partial charge < -0.3 is 9.64 Å². The molecule has 2 rings (SSSR count). The molecule has 0 N–H and O–H groups in total. The van der Waals surface area contributed by atoms with Crippen LogP contribution in [0.5, 0.6) is 0 Å². The summed E-state index contributed by atoms with van der Waals surface area (Å²) in [6.07, 6.45) is 1.94. The highest BCUT2D eigenvalue weighted by Crippen LogP contribution is 2.30. The first kappa shape index (κ1) is 13.5. The second-order valence-electron chi connectivity index (χ2n) is 4.07. The van der Waals surface area contributed by atoms with E-state index in [9.17, 15) is 9.59 Å². The summed E-state index contributed by atoms with van der Waals surface area (Å²) in [5.74, 6) is -0.422. The van der Waals surface area contributed by atoms with Crippen LogP contribution in [0.15, 0.2) is 15.9 Å². The number of ether oxygens (including phenoxy) is 1. The monoisotopic (exact) mass is 331 g/mol. The molecule has 1 heterocycles. The second-order valence-corrected chi connectivity index (χ2v) is 6.54. The van der Waals surface area contributed by atoms with E-state index in [1.807, 2.05) is 6.07 Å². The number of carbonyl (C=O) groups is 2. The summed E-state index contributed by atoms with van der Waals surface area (Å²) in [6, 6.07) is 3.81. The van der Waals surface area contributed by atoms with E-state index >= 15 is 0 Å². The maximum atomic E-state index is 12.3. The summed E-state index contributed by atoms with van der Waals surface area (Å²) in [7, 11) is 0. The number of amides is 1. The minimum atomic E-state index is -0.339. The molecule has 1 aliphatic carbocycles. The third-order valence-corrected chi connectivity index (χ3v) is 4.25. The Bertz CT molecular complexity index is 456. The molecule has 0 saturated heterocycles. The van der Waals surface area contributed by atoms with Gasteiger partial charge in [0.25, 0.3) is 5.91 Å². The summed E-state index contributed by atoms with van der Waals surface area (Å²) in [4.78, 5) is 26.1. The van der Waals surface area contributed by atoms with Crippen LogP contribution in [0.2, 0.25) is 0 Å². The van der Waals surface area contributed by atoms with E-state index in [0.717, 1.165) is 16.6 Å². The summed E-state index contributed by atoms with van der Waals surface area (Å²) in [6.45, 7) is 2.15. The molecule has 0 unspecified atom stereocenters. The highest BCUT2D eigenvalue weighted by Gasteiger charge is 2.35. The van der Waals surface area contributed by atoms with E-state index < -0.39 is 0 Å². The lowest BCUT2D eigenvalue weighted by Gasteiger charge is -2.20. The van der Waals surface area contributed by atoms with Gasteiger partial charge in [-0.25, -0.2) is 0 Å². The molecular formula is C12H14BrNO3S. The highest BCUT2D eigenvalue weighted by atomic mass is 79.9. The van der Waals surface area contributed by atoms with Crippen LogP contribution in [0, 0.1) is 0 Å². The van der Waals surface area contributed by atoms with Gasteiger partial charge in [0, 0.05) is 6.04 Å². The van der Waals surface area contributed by atoms with E-state index in [4.69, 9.17) is 4.74 Å². The van der Waals surface area contributed by atoms with Crippen molar-refractivity contribution >= 4 is 39.1 Å². The summed E-state index contributed by atoms with van der Waals surface area (Å²) in [5, 5.41) is 0. The van der Waals surface area contributed by atoms with Gasteiger partial charge >= 0.3 is 5.97 Å². The smallest absolute Gasteiger partial charge is 0.325 e. The van der Waals surface area contributed by atoms with Crippen molar-refractivity contribution in [2.24, 2.45) is 0 Å². The molecular weight excluding hydrogens is 318 g/mol. The topological polar surface area (TPSA) is 46.6 Å². The average Bonchev–Trinajstić information content (AvgIpc) is 3.08. The molecule has 0 bridgehead atoms. The molecule has 0 spiro atoms. The Morgan fingerprint density at radius 1 is 1.50 bits per heavy atom. The lowest BCUT2D eigenvalue weighted by molar-refractivity contribution is -0.143. The standard InChI is InChI=1S/C12H14BrNO3S/c1-2-17-11(15)7-14(8-3-4-8)12(16)9-5-6-10(13)18-9/h5-6,8H,2-4,7H2,1H3. The fourth-order valence-corrected chi connectivity index (χ4v) is 3.01. The van der Waals surface area contributed by atoms with Gasteiger partial charge in [0.1, 0.15) is 6.54 Å². The molecule has 98 valence electrons. The van der Waals surface area contributed by atoms with E-state index in [1.165, 1.54) is 11.3 Å². The van der Waals surface area contributed by atoms with Crippen LogP contribution in [0.3, 0.4) is 0 Å². The second kappa shape index (κ2) is 5.84. The van der Waals surface area contributed by atoms with E-state index in [2.05, 4.69) is 15.9 Å². The van der Waals surface area contributed by atoms with Crippen LogP contribution in [0.1, 0.15) is 29.4 Å². The van der Waals surface area contributed by atoms with Gasteiger partial charge in [-0.1, -0.05) is 0 Å². The van der Waals surface area contributed by atoms with Crippen LogP contribution in [-0.2, 0) is 9.53 Å². The zero-order valence-corrected chi connectivity index (χ0v) is 12.4. The number of carbonyl (C=O) groups excluding carboxylic acids is 2. The van der Waals surface area contributed by atoms with Crippen molar-refractivity contribution in [1.82, 2.24) is 4.90 Å². The fraction of sp³-hybridized carbons (Fsp3) is 0.500. The van der Waals surface area contributed by atoms with Crippen molar-refractivity contribution in [2.75, 3.05) is 13.2 Å². The summed E-state index contributed by atoms with van der Waals surface area (Å²) < 4.78 is 5.82. The number of halogens is 1. The third kappa shape index (κ3) is 3.32. The SMILES string of the molecule is CCOC(=O)CN(C(=O)c1ccc(Br)s1)C1CC1. The first-order valence-electron chi connectivity index (χ1n) is 5.83. The molecule has 0 radical (unpaired) electrons. The van der Waals surface area contributed by atoms with Gasteiger partial charge in [0.15, 0.2) is 0 Å². The van der Waals surface area contributed by atoms with E-state index in [1.54, 1.807) is 17.9 Å². The molecule has 1 saturated carbocycles. The number of hydrogen-bond acceptors (Lipinski definition) is 4. The van der Waals surface area contributed by atoms with Crippen LogP contribution < -0.4 is 0 Å². The molecule has 1 fully saturated rings. The van der Waals surface area contributed by atoms with Crippen molar-refractivity contribution in [1.29, 1.82) is 0 Å². The first-order chi connectivity index (χ1) is 8.61. The van der Waals surface area contributed by atoms with Crippen LogP contribution in [0.25, 0.3) is 0 Å². The van der Waals surface area contributed by atoms with E-state index in [-0.39, 0.29) is 24.5 Å². The third-order valence-electron chi connectivity index (χ3n) is 2.64. The first-order valence-corrected chi connectivity index (χ1v) is 7.44. The molecule has 0 aliphatic heterocycles. The molecule has 4 nitrogen and oxygen atoms in total. The molecule has 1 amide bonds. The molecule has 6 heteroatoms. The lowest BCUT2D eigenvalue weighted by atomic mass is 10.3. The molecule has 0 atom stereocenters. The number of rotatable bonds is 5. The van der Waals surface area contributed by atoms with Gasteiger partial charge in [-0.2, -0.15) is 0 Å². The quantitative estimate of drug-likeness (QED) is 0.779. The van der Waals surface area contributed by atoms with Crippen LogP contribution in [-0.4, -0.2) is 36.0 Å². The zero-order valence-electron chi connectivity index (χ0n) is 10.0. The molecule has 0 aromatic carbocycles. The largest absolute Gasteiger partial charge is 0.465 e. The summed E-state index contributed by atoms with van der Waals surface area (Å²) in [5.41, 5.74) is 0. The predicted molar refractivity (Wildman–Crippen MR) is 72.7 cm³/mol. The van der Waals surface area contributed by atoms with Crippen molar-refractivity contribution in [3.63, 3.8) is 0 Å². The lowest BCUT2D eigenvalue weighted by Crippen LogP contribution is -2.37. The maximum Gasteiger partial charge on any atom is 0.325 e. The predicted octanol–water partition coefficient (Wildman–Crippen LogP) is 2.68. The Morgan fingerprint density at radius 2 is 2.22 bits per heavy atom. The zero-order chi connectivity index (χ0) is 13.1. The van der Waals surface area contributed by atoms with Crippen molar-refractivity contribution in [2.45, 2.75) is 25.8 Å². The number of nitrogens with zero attached hydrogens (tertiary/aromatic N) is 1. The number of esters is 1. The minimum Gasteiger partial charge on any atom is -0.465 e. The van der Waals surface area contributed by atoms with Gasteiger partial charge in [0.05, 0.1) is 15.3 Å². The van der Waals surface area contributed by atoms with Gasteiger partial charge in [-0.05, 0) is 47.8 Å². The summed E-state index contributed by atoms with van der Waals surface area (Å²) >= 11 is 4.72. The molecule has 1 aromatic heterocycles. The normalized spacial score (nSPS) is 14.3. The van der Waals surface area contributed by atoms with Gasteiger partial charge in [-0.15, -0.1) is 11.3 Å². The Labute approximate surface area is 118 Å². The highest BCUT2D eigenvalue weighted by molar-refractivity contribution is 9.11. The van der Waals surface area contributed by atoms with Gasteiger partial charge in [-0.3, -0.25) is 9.59 Å². The number of hydrogen-bond donors (Lipinski definition) is 0. The fourth-order valence-electron chi connectivity index (χ4n) is 1.67. The molecule has 1 aromatic rings. The Hall–Kier alpha value is -0.880. The molecule has 1 aliphatic rings. The van der Waals surface area contributed by atoms with Crippen molar-refractivity contribution in [3.05, 3.63) is 20.8 Å². The van der Waals surface area contributed by atoms with E-state index in [0.29, 0.717) is 11.5 Å². The average molecular weight is 332 g/mol. The van der Waals surface area contributed by atoms with Crippen LogP contribution >= 0.6 is 27.3 Å². The molecule has 18 heavy (non-hydrogen) atoms. The Morgan fingerprint density at radius 3 is 2.72 bits per heavy atom. The minimum absolute atomic E-state index is 0.0485. The Kier molecular flexibility index (Phi) is 4.40. The van der Waals surface area contributed by atoms with Crippen molar-refractivity contribution in [3.8, 4) is 0 Å². The Balaban J connectivity index is 2.05.